The van der Waals surface area contributed by atoms with Crippen molar-refractivity contribution in [1.29, 1.82) is 0 Å². The third kappa shape index (κ3) is 3.22. The quantitative estimate of drug-likeness (QED) is 0.423. The minimum atomic E-state index is 0.674. The molecule has 132 valence electrons. The number of pyridine rings is 1. The Morgan fingerprint density at radius 1 is 1.00 bits per heavy atom. The highest BCUT2D eigenvalue weighted by Crippen LogP contribution is 2.31. The van der Waals surface area contributed by atoms with E-state index < -0.39 is 0 Å². The number of aromatic nitrogens is 3. The summed E-state index contributed by atoms with van der Waals surface area (Å²) in [5.74, 6) is 0.850. The van der Waals surface area contributed by atoms with Crippen molar-refractivity contribution in [2.45, 2.75) is 19.8 Å². The first-order valence-corrected chi connectivity index (χ1v) is 9.40. The predicted octanol–water partition coefficient (Wildman–Crippen LogP) is 6.09. The standard InChI is InChI=1S/C20H18Cl2N4/c1-2-3-10-23-20-17-12-26(15-7-4-13(21)5-8-15)25-19(17)16-11-14(22)6-9-18(16)24-20/h4-9,11-12H,2-3,10H2,1H3,(H,23,24). The average Bonchev–Trinajstić information content (AvgIpc) is 3.09. The number of nitrogens with zero attached hydrogens (tertiary/aromatic N) is 3. The Balaban J connectivity index is 1.91. The van der Waals surface area contributed by atoms with E-state index in [1.807, 2.05) is 53.3 Å². The van der Waals surface area contributed by atoms with Gasteiger partial charge in [0.05, 0.1) is 16.6 Å². The number of hydrogen-bond donors (Lipinski definition) is 1. The lowest BCUT2D eigenvalue weighted by Crippen LogP contribution is -2.03. The summed E-state index contributed by atoms with van der Waals surface area (Å²) in [4.78, 5) is 4.79. The van der Waals surface area contributed by atoms with E-state index in [9.17, 15) is 0 Å². The first-order chi connectivity index (χ1) is 12.7. The van der Waals surface area contributed by atoms with Gasteiger partial charge in [-0.15, -0.1) is 0 Å². The van der Waals surface area contributed by atoms with Gasteiger partial charge in [-0.1, -0.05) is 36.5 Å². The van der Waals surface area contributed by atoms with Gasteiger partial charge >= 0.3 is 0 Å². The molecule has 4 nitrogen and oxygen atoms in total. The first-order valence-electron chi connectivity index (χ1n) is 8.64. The maximum absolute atomic E-state index is 6.21. The van der Waals surface area contributed by atoms with E-state index in [2.05, 4.69) is 12.2 Å². The number of anilines is 1. The molecule has 4 rings (SSSR count). The molecule has 0 unspecified atom stereocenters. The number of benzene rings is 2. The Morgan fingerprint density at radius 2 is 1.77 bits per heavy atom. The molecule has 2 heterocycles. The van der Waals surface area contributed by atoms with Crippen LogP contribution in [0.15, 0.2) is 48.7 Å². The van der Waals surface area contributed by atoms with Crippen molar-refractivity contribution < 1.29 is 0 Å². The molecular formula is C20H18Cl2N4. The van der Waals surface area contributed by atoms with Crippen LogP contribution in [0.3, 0.4) is 0 Å². The largest absolute Gasteiger partial charge is 0.369 e. The monoisotopic (exact) mass is 384 g/mol. The van der Waals surface area contributed by atoms with Gasteiger partial charge in [0.2, 0.25) is 0 Å². The highest BCUT2D eigenvalue weighted by atomic mass is 35.5. The molecule has 0 aliphatic rings. The first kappa shape index (κ1) is 17.1. The molecule has 0 radical (unpaired) electrons. The summed E-state index contributed by atoms with van der Waals surface area (Å²) in [7, 11) is 0. The summed E-state index contributed by atoms with van der Waals surface area (Å²) >= 11 is 12.2. The van der Waals surface area contributed by atoms with Crippen LogP contribution in [0.5, 0.6) is 0 Å². The van der Waals surface area contributed by atoms with Crippen molar-refractivity contribution in [3.05, 3.63) is 58.7 Å². The van der Waals surface area contributed by atoms with Crippen LogP contribution in [-0.4, -0.2) is 21.3 Å². The van der Waals surface area contributed by atoms with Crippen molar-refractivity contribution in [1.82, 2.24) is 14.8 Å². The molecule has 2 aromatic heterocycles. The summed E-state index contributed by atoms with van der Waals surface area (Å²) < 4.78 is 1.86. The Hall–Kier alpha value is -2.30. The number of unbranched alkanes of at least 4 members (excludes halogenated alkanes) is 1. The topological polar surface area (TPSA) is 42.7 Å². The molecule has 1 N–H and O–H groups in total. The zero-order chi connectivity index (χ0) is 18.1. The fraction of sp³-hybridized carbons (Fsp3) is 0.200. The van der Waals surface area contributed by atoms with Gasteiger partial charge in [0.15, 0.2) is 0 Å². The molecule has 0 saturated carbocycles. The summed E-state index contributed by atoms with van der Waals surface area (Å²) in [6.07, 6.45) is 4.22. The van der Waals surface area contributed by atoms with Crippen LogP contribution in [-0.2, 0) is 0 Å². The van der Waals surface area contributed by atoms with E-state index >= 15 is 0 Å². The van der Waals surface area contributed by atoms with E-state index in [4.69, 9.17) is 33.3 Å². The average molecular weight is 385 g/mol. The fourth-order valence-electron chi connectivity index (χ4n) is 2.97. The predicted molar refractivity (Wildman–Crippen MR) is 110 cm³/mol. The molecule has 0 spiro atoms. The highest BCUT2D eigenvalue weighted by Gasteiger charge is 2.13. The lowest BCUT2D eigenvalue weighted by molar-refractivity contribution is 0.832. The fourth-order valence-corrected chi connectivity index (χ4v) is 3.26. The van der Waals surface area contributed by atoms with Gasteiger partial charge in [-0.25, -0.2) is 9.67 Å². The van der Waals surface area contributed by atoms with Gasteiger partial charge in [0.25, 0.3) is 0 Å². The number of halogens is 2. The van der Waals surface area contributed by atoms with E-state index in [-0.39, 0.29) is 0 Å². The zero-order valence-electron chi connectivity index (χ0n) is 14.3. The molecule has 2 aromatic carbocycles. The van der Waals surface area contributed by atoms with Crippen LogP contribution >= 0.6 is 23.2 Å². The molecule has 4 aromatic rings. The summed E-state index contributed by atoms with van der Waals surface area (Å²) in [5, 5.41) is 11.6. The summed E-state index contributed by atoms with van der Waals surface area (Å²) in [6, 6.07) is 13.3. The SMILES string of the molecule is CCCCNc1nc2ccc(Cl)cc2c2nn(-c3ccc(Cl)cc3)cc12. The molecule has 0 aliphatic carbocycles. The molecule has 0 bridgehead atoms. The van der Waals surface area contributed by atoms with Crippen LogP contribution in [0.2, 0.25) is 10.0 Å². The van der Waals surface area contributed by atoms with Crippen LogP contribution in [0.4, 0.5) is 5.82 Å². The molecule has 0 saturated heterocycles. The van der Waals surface area contributed by atoms with Crippen molar-refractivity contribution >= 4 is 50.8 Å². The third-order valence-corrected chi connectivity index (χ3v) is 4.82. The highest BCUT2D eigenvalue weighted by molar-refractivity contribution is 6.31. The molecule has 0 amide bonds. The molecule has 26 heavy (non-hydrogen) atoms. The van der Waals surface area contributed by atoms with Crippen LogP contribution in [0.1, 0.15) is 19.8 Å². The van der Waals surface area contributed by atoms with Gasteiger partial charge in [-0.2, -0.15) is 5.10 Å². The number of nitrogens with one attached hydrogen (secondary N) is 1. The van der Waals surface area contributed by atoms with E-state index in [1.165, 1.54) is 0 Å². The smallest absolute Gasteiger partial charge is 0.137 e. The van der Waals surface area contributed by atoms with Crippen LogP contribution < -0.4 is 5.32 Å². The van der Waals surface area contributed by atoms with Gasteiger partial charge in [-0.3, -0.25) is 0 Å². The normalized spacial score (nSPS) is 11.3. The molecule has 0 atom stereocenters. The van der Waals surface area contributed by atoms with Gasteiger partial charge in [0, 0.05) is 28.2 Å². The molecule has 6 heteroatoms. The minimum absolute atomic E-state index is 0.674. The van der Waals surface area contributed by atoms with Crippen LogP contribution in [0, 0.1) is 0 Å². The van der Waals surface area contributed by atoms with Gasteiger partial charge in [0.1, 0.15) is 11.3 Å². The van der Waals surface area contributed by atoms with E-state index in [1.54, 1.807) is 0 Å². The van der Waals surface area contributed by atoms with E-state index in [0.717, 1.165) is 52.7 Å². The van der Waals surface area contributed by atoms with Gasteiger partial charge in [-0.05, 0) is 48.9 Å². The van der Waals surface area contributed by atoms with E-state index in [0.29, 0.717) is 10.0 Å². The Labute approximate surface area is 161 Å². The second-order valence-electron chi connectivity index (χ2n) is 6.21. The Morgan fingerprint density at radius 3 is 2.54 bits per heavy atom. The van der Waals surface area contributed by atoms with Crippen molar-refractivity contribution in [2.24, 2.45) is 0 Å². The van der Waals surface area contributed by atoms with Crippen molar-refractivity contribution in [3.8, 4) is 5.69 Å². The lowest BCUT2D eigenvalue weighted by Gasteiger charge is -2.08. The molecule has 0 fully saturated rings. The van der Waals surface area contributed by atoms with Crippen molar-refractivity contribution in [2.75, 3.05) is 11.9 Å². The Kier molecular flexibility index (Phi) is 4.70. The van der Waals surface area contributed by atoms with Crippen LogP contribution in [0.25, 0.3) is 27.5 Å². The minimum Gasteiger partial charge on any atom is -0.369 e. The maximum atomic E-state index is 6.21. The summed E-state index contributed by atoms with van der Waals surface area (Å²) in [6.45, 7) is 3.05. The summed E-state index contributed by atoms with van der Waals surface area (Å²) in [5.41, 5.74) is 2.70. The second-order valence-corrected chi connectivity index (χ2v) is 7.09. The molecule has 0 aliphatic heterocycles. The molecular weight excluding hydrogens is 367 g/mol. The number of fused-ring (bicyclic) bond motifs is 3. The third-order valence-electron chi connectivity index (χ3n) is 4.33. The Bertz CT molecular complexity index is 1070. The lowest BCUT2D eigenvalue weighted by atomic mass is 10.1. The maximum Gasteiger partial charge on any atom is 0.137 e. The number of rotatable bonds is 5. The second kappa shape index (κ2) is 7.14. The number of hydrogen-bond acceptors (Lipinski definition) is 3. The zero-order valence-corrected chi connectivity index (χ0v) is 15.8. The van der Waals surface area contributed by atoms with Crippen molar-refractivity contribution in [3.63, 3.8) is 0 Å². The van der Waals surface area contributed by atoms with Gasteiger partial charge < -0.3 is 5.32 Å².